The highest BCUT2D eigenvalue weighted by Crippen LogP contribution is 2.31. The van der Waals surface area contributed by atoms with Crippen molar-refractivity contribution in [3.63, 3.8) is 0 Å². The number of anilines is 2. The molecule has 0 atom stereocenters. The highest BCUT2D eigenvalue weighted by atomic mass is 35.5. The summed E-state index contributed by atoms with van der Waals surface area (Å²) in [6.45, 7) is 1.54. The molecule has 8 nitrogen and oxygen atoms in total. The van der Waals surface area contributed by atoms with Gasteiger partial charge in [-0.05, 0) is 23.3 Å². The zero-order valence-corrected chi connectivity index (χ0v) is 18.2. The first-order chi connectivity index (χ1) is 15.2. The Morgan fingerprint density at radius 3 is 2.50 bits per heavy atom. The number of H-pyrrole nitrogens is 1. The van der Waals surface area contributed by atoms with Crippen LogP contribution in [0.4, 0.5) is 11.6 Å². The van der Waals surface area contributed by atoms with Crippen molar-refractivity contribution in [3.8, 4) is 23.1 Å². The van der Waals surface area contributed by atoms with Gasteiger partial charge in [-0.15, -0.1) is 12.4 Å². The van der Waals surface area contributed by atoms with Gasteiger partial charge in [0.05, 0.1) is 25.2 Å². The van der Waals surface area contributed by atoms with Crippen LogP contribution in [0.5, 0.6) is 5.75 Å². The van der Waals surface area contributed by atoms with E-state index in [-0.39, 0.29) is 18.1 Å². The molecule has 0 saturated heterocycles. The number of ether oxygens (including phenoxy) is 1. The van der Waals surface area contributed by atoms with Gasteiger partial charge in [-0.25, -0.2) is 9.97 Å². The van der Waals surface area contributed by atoms with Crippen molar-refractivity contribution < 1.29 is 4.74 Å². The molecule has 4 aromatic rings. The Balaban J connectivity index is 0.00000289. The fourth-order valence-corrected chi connectivity index (χ4v) is 3.12. The smallest absolute Gasteiger partial charge is 0.158 e. The summed E-state index contributed by atoms with van der Waals surface area (Å²) in [4.78, 5) is 8.13. The molecule has 3 N–H and O–H groups in total. The van der Waals surface area contributed by atoms with Gasteiger partial charge < -0.3 is 15.4 Å². The first-order valence-corrected chi connectivity index (χ1v) is 9.71. The maximum absolute atomic E-state index is 8.81. The number of nitriles is 1. The third-order valence-electron chi connectivity index (χ3n) is 4.66. The second-order valence-corrected chi connectivity index (χ2v) is 6.81. The number of nitrogens with one attached hydrogen (secondary N) is 3. The molecule has 0 fully saturated rings. The van der Waals surface area contributed by atoms with Crippen molar-refractivity contribution in [1.29, 1.82) is 5.26 Å². The van der Waals surface area contributed by atoms with Crippen molar-refractivity contribution >= 4 is 24.0 Å². The lowest BCUT2D eigenvalue weighted by molar-refractivity contribution is 0.415. The van der Waals surface area contributed by atoms with E-state index in [0.29, 0.717) is 11.6 Å². The first kappa shape index (κ1) is 22.7. The standard InChI is InChI=1S/C23H21N7O.ClH/c1-31-21-9-17(13-25-12-16-5-3-2-4-6-16)7-8-19(21)20-10-22(30-29-20)28-23-15-26-18(11-24)14-27-23;/h2-10,14-15,25H,12-13H2,1H3,(H2,27,28,29,30);1H. The summed E-state index contributed by atoms with van der Waals surface area (Å²) in [6.07, 6.45) is 2.90. The van der Waals surface area contributed by atoms with Crippen LogP contribution in [0, 0.1) is 11.3 Å². The molecule has 0 bridgehead atoms. The topological polar surface area (TPSA) is 112 Å². The van der Waals surface area contributed by atoms with E-state index in [1.54, 1.807) is 7.11 Å². The predicted molar refractivity (Wildman–Crippen MR) is 125 cm³/mol. The van der Waals surface area contributed by atoms with Crippen molar-refractivity contribution in [3.05, 3.63) is 83.8 Å². The molecule has 0 aliphatic carbocycles. The molecule has 4 rings (SSSR count). The molecule has 0 aliphatic heterocycles. The van der Waals surface area contributed by atoms with Gasteiger partial charge in [0.25, 0.3) is 0 Å². The van der Waals surface area contributed by atoms with Gasteiger partial charge >= 0.3 is 0 Å². The number of benzene rings is 2. The van der Waals surface area contributed by atoms with Gasteiger partial charge in [-0.2, -0.15) is 10.4 Å². The molecule has 32 heavy (non-hydrogen) atoms. The van der Waals surface area contributed by atoms with Crippen LogP contribution >= 0.6 is 12.4 Å². The van der Waals surface area contributed by atoms with E-state index in [1.165, 1.54) is 18.0 Å². The number of nitrogens with zero attached hydrogens (tertiary/aromatic N) is 4. The zero-order chi connectivity index (χ0) is 21.5. The van der Waals surface area contributed by atoms with E-state index in [9.17, 15) is 0 Å². The average Bonchev–Trinajstić information content (AvgIpc) is 3.28. The molecule has 9 heteroatoms. The Kier molecular flexibility index (Phi) is 7.75. The van der Waals surface area contributed by atoms with Crippen molar-refractivity contribution in [2.45, 2.75) is 13.1 Å². The number of halogens is 1. The summed E-state index contributed by atoms with van der Waals surface area (Å²) < 4.78 is 5.61. The molecule has 0 unspecified atom stereocenters. The summed E-state index contributed by atoms with van der Waals surface area (Å²) in [5.41, 5.74) is 4.35. The molecule has 162 valence electrons. The lowest BCUT2D eigenvalue weighted by Crippen LogP contribution is -2.12. The molecule has 2 heterocycles. The van der Waals surface area contributed by atoms with E-state index in [1.807, 2.05) is 42.5 Å². The maximum Gasteiger partial charge on any atom is 0.158 e. The Morgan fingerprint density at radius 2 is 1.78 bits per heavy atom. The number of aromatic nitrogens is 4. The van der Waals surface area contributed by atoms with Crippen LogP contribution in [0.1, 0.15) is 16.8 Å². The van der Waals surface area contributed by atoms with E-state index in [0.717, 1.165) is 35.7 Å². The quantitative estimate of drug-likeness (QED) is 0.371. The van der Waals surface area contributed by atoms with E-state index in [4.69, 9.17) is 10.00 Å². The number of hydrogen-bond donors (Lipinski definition) is 3. The van der Waals surface area contributed by atoms with Gasteiger partial charge in [-0.3, -0.25) is 5.10 Å². The second-order valence-electron chi connectivity index (χ2n) is 6.81. The molecule has 2 aromatic carbocycles. The highest BCUT2D eigenvalue weighted by Gasteiger charge is 2.11. The van der Waals surface area contributed by atoms with E-state index >= 15 is 0 Å². The molecule has 0 amide bonds. The summed E-state index contributed by atoms with van der Waals surface area (Å²) in [5, 5.41) is 22.6. The third-order valence-corrected chi connectivity index (χ3v) is 4.66. The van der Waals surface area contributed by atoms with Crippen LogP contribution in [0.3, 0.4) is 0 Å². The zero-order valence-electron chi connectivity index (χ0n) is 17.4. The molecule has 0 radical (unpaired) electrons. The molecule has 0 saturated carbocycles. The monoisotopic (exact) mass is 447 g/mol. The average molecular weight is 448 g/mol. The first-order valence-electron chi connectivity index (χ1n) is 9.71. The van der Waals surface area contributed by atoms with Crippen molar-refractivity contribution in [1.82, 2.24) is 25.5 Å². The normalized spacial score (nSPS) is 10.1. The molecule has 0 spiro atoms. The van der Waals surface area contributed by atoms with Crippen molar-refractivity contribution in [2.24, 2.45) is 0 Å². The van der Waals surface area contributed by atoms with Crippen molar-refractivity contribution in [2.75, 3.05) is 12.4 Å². The largest absolute Gasteiger partial charge is 0.496 e. The van der Waals surface area contributed by atoms with E-state index in [2.05, 4.69) is 49.0 Å². The van der Waals surface area contributed by atoms with Gasteiger partial charge in [0, 0.05) is 24.7 Å². The lowest BCUT2D eigenvalue weighted by Gasteiger charge is -2.10. The minimum atomic E-state index is 0. The van der Waals surface area contributed by atoms with Gasteiger partial charge in [0.2, 0.25) is 0 Å². The summed E-state index contributed by atoms with van der Waals surface area (Å²) >= 11 is 0. The van der Waals surface area contributed by atoms with Crippen LogP contribution < -0.4 is 15.4 Å². The summed E-state index contributed by atoms with van der Waals surface area (Å²) in [7, 11) is 1.65. The Bertz CT molecular complexity index is 1190. The third kappa shape index (κ3) is 5.60. The van der Waals surface area contributed by atoms with Gasteiger partial charge in [0.1, 0.15) is 17.6 Å². The summed E-state index contributed by atoms with van der Waals surface area (Å²) in [6, 6.07) is 20.2. The van der Waals surface area contributed by atoms with Crippen LogP contribution in [-0.2, 0) is 13.1 Å². The molecule has 2 aromatic heterocycles. The minimum absolute atomic E-state index is 0. The predicted octanol–water partition coefficient (Wildman–Crippen LogP) is 4.20. The van der Waals surface area contributed by atoms with Crippen LogP contribution in [0.15, 0.2) is 67.0 Å². The SMILES string of the molecule is COc1cc(CNCc2ccccc2)ccc1-c1cc(Nc2cnc(C#N)cn2)n[nH]1.Cl. The second kappa shape index (κ2) is 10.9. The number of rotatable bonds is 8. The van der Waals surface area contributed by atoms with Gasteiger partial charge in [0.15, 0.2) is 11.5 Å². The van der Waals surface area contributed by atoms with Crippen LogP contribution in [0.2, 0.25) is 0 Å². The Hall–Kier alpha value is -3.93. The number of aromatic amines is 1. The highest BCUT2D eigenvalue weighted by molar-refractivity contribution is 5.85. The Morgan fingerprint density at radius 1 is 0.969 bits per heavy atom. The maximum atomic E-state index is 8.81. The van der Waals surface area contributed by atoms with Gasteiger partial charge in [-0.1, -0.05) is 36.4 Å². The van der Waals surface area contributed by atoms with E-state index < -0.39 is 0 Å². The molecular formula is C23H22ClN7O. The Labute approximate surface area is 192 Å². The number of methoxy groups -OCH3 is 1. The molecule has 0 aliphatic rings. The van der Waals surface area contributed by atoms with Crippen LogP contribution in [-0.4, -0.2) is 27.3 Å². The summed E-state index contributed by atoms with van der Waals surface area (Å²) in [5.74, 6) is 1.85. The number of hydrogen-bond acceptors (Lipinski definition) is 7. The molecular weight excluding hydrogens is 426 g/mol. The fourth-order valence-electron chi connectivity index (χ4n) is 3.12. The fraction of sp³-hybridized carbons (Fsp3) is 0.130. The van der Waals surface area contributed by atoms with Crippen LogP contribution in [0.25, 0.3) is 11.3 Å². The minimum Gasteiger partial charge on any atom is -0.496 e. The lowest BCUT2D eigenvalue weighted by atomic mass is 10.1.